The van der Waals surface area contributed by atoms with E-state index in [1.807, 2.05) is 31.2 Å². The number of hydrogen-bond acceptors (Lipinski definition) is 4. The molecule has 1 heterocycles. The van der Waals surface area contributed by atoms with E-state index in [1.54, 1.807) is 0 Å². The Balaban J connectivity index is 1.79. The van der Waals surface area contributed by atoms with E-state index in [1.165, 1.54) is 24.0 Å². The van der Waals surface area contributed by atoms with Gasteiger partial charge in [0, 0.05) is 6.20 Å². The lowest BCUT2D eigenvalue weighted by Crippen LogP contribution is -2.09. The van der Waals surface area contributed by atoms with Crippen molar-refractivity contribution in [1.29, 1.82) is 0 Å². The van der Waals surface area contributed by atoms with Crippen LogP contribution in [0.4, 0.5) is 0 Å². The van der Waals surface area contributed by atoms with Crippen LogP contribution in [0.1, 0.15) is 15.9 Å². The average Bonchev–Trinajstić information content (AvgIpc) is 2.46. The van der Waals surface area contributed by atoms with Crippen LogP contribution in [-0.4, -0.2) is 29.3 Å². The molecule has 1 aromatic carbocycles. The van der Waals surface area contributed by atoms with E-state index in [0.717, 1.165) is 5.75 Å². The van der Waals surface area contributed by atoms with Crippen LogP contribution < -0.4 is 9.47 Å². The summed E-state index contributed by atoms with van der Waals surface area (Å²) in [5.41, 5.74) is 1.27. The molecule has 2 rings (SSSR count). The van der Waals surface area contributed by atoms with Gasteiger partial charge in [0.2, 0.25) is 0 Å². The maximum atomic E-state index is 10.8. The minimum Gasteiger partial charge on any atom is -0.490 e. The summed E-state index contributed by atoms with van der Waals surface area (Å²) in [5, 5.41) is 8.83. The average molecular weight is 273 g/mol. The molecule has 2 aromatic rings. The van der Waals surface area contributed by atoms with Gasteiger partial charge in [-0.15, -0.1) is 0 Å². The second kappa shape index (κ2) is 6.56. The van der Waals surface area contributed by atoms with Crippen LogP contribution in [0.15, 0.2) is 42.7 Å². The standard InChI is InChI=1S/C15H15NO4/c1-11-2-4-13(5-3-11)19-6-7-20-14-8-12(15(17)18)9-16-10-14/h2-5,8-10H,6-7H2,1H3,(H,17,18). The molecule has 0 fully saturated rings. The van der Waals surface area contributed by atoms with Crippen molar-refractivity contribution in [1.82, 2.24) is 4.98 Å². The van der Waals surface area contributed by atoms with Crippen LogP contribution in [-0.2, 0) is 0 Å². The normalized spacial score (nSPS) is 10.1. The summed E-state index contributed by atoms with van der Waals surface area (Å²) in [6, 6.07) is 9.15. The number of pyridine rings is 1. The third-order valence-corrected chi connectivity index (χ3v) is 2.60. The second-order valence-electron chi connectivity index (χ2n) is 4.22. The van der Waals surface area contributed by atoms with Gasteiger partial charge in [-0.1, -0.05) is 17.7 Å². The van der Waals surface area contributed by atoms with Crippen LogP contribution in [0, 0.1) is 6.92 Å². The Morgan fingerprint density at radius 1 is 1.10 bits per heavy atom. The molecule has 0 radical (unpaired) electrons. The van der Waals surface area contributed by atoms with Crippen molar-refractivity contribution in [3.05, 3.63) is 53.9 Å². The first-order valence-corrected chi connectivity index (χ1v) is 6.16. The summed E-state index contributed by atoms with van der Waals surface area (Å²) >= 11 is 0. The van der Waals surface area contributed by atoms with Gasteiger partial charge in [-0.2, -0.15) is 0 Å². The van der Waals surface area contributed by atoms with Gasteiger partial charge in [0.15, 0.2) is 0 Å². The Hall–Kier alpha value is -2.56. The topological polar surface area (TPSA) is 68.7 Å². The molecule has 104 valence electrons. The van der Waals surface area contributed by atoms with Crippen molar-refractivity contribution in [2.75, 3.05) is 13.2 Å². The van der Waals surface area contributed by atoms with Gasteiger partial charge in [-0.05, 0) is 25.1 Å². The van der Waals surface area contributed by atoms with Gasteiger partial charge in [0.25, 0.3) is 0 Å². The van der Waals surface area contributed by atoms with Crippen molar-refractivity contribution in [3.8, 4) is 11.5 Å². The highest BCUT2D eigenvalue weighted by atomic mass is 16.5. The number of rotatable bonds is 6. The first-order chi connectivity index (χ1) is 9.65. The lowest BCUT2D eigenvalue weighted by atomic mass is 10.2. The summed E-state index contributed by atoms with van der Waals surface area (Å²) in [6.45, 7) is 2.70. The first kappa shape index (κ1) is 13.9. The van der Waals surface area contributed by atoms with Crippen molar-refractivity contribution >= 4 is 5.97 Å². The molecule has 1 aromatic heterocycles. The molecule has 0 bridgehead atoms. The molecule has 1 N–H and O–H groups in total. The number of aromatic nitrogens is 1. The predicted molar refractivity (Wildman–Crippen MR) is 73.4 cm³/mol. The minimum atomic E-state index is -1.03. The third-order valence-electron chi connectivity index (χ3n) is 2.60. The van der Waals surface area contributed by atoms with Gasteiger partial charge in [0.05, 0.1) is 11.8 Å². The van der Waals surface area contributed by atoms with Gasteiger partial charge >= 0.3 is 5.97 Å². The van der Waals surface area contributed by atoms with E-state index in [9.17, 15) is 4.79 Å². The smallest absolute Gasteiger partial charge is 0.337 e. The molecule has 20 heavy (non-hydrogen) atoms. The Kier molecular flexibility index (Phi) is 4.55. The number of carboxylic acids is 1. The highest BCUT2D eigenvalue weighted by Crippen LogP contribution is 2.13. The zero-order valence-corrected chi connectivity index (χ0v) is 11.1. The number of aryl methyl sites for hydroxylation is 1. The predicted octanol–water partition coefficient (Wildman–Crippen LogP) is 2.55. The van der Waals surface area contributed by atoms with Crippen molar-refractivity contribution in [2.45, 2.75) is 6.92 Å². The van der Waals surface area contributed by atoms with Crippen LogP contribution in [0.5, 0.6) is 11.5 Å². The van der Waals surface area contributed by atoms with Crippen molar-refractivity contribution < 1.29 is 19.4 Å². The molecule has 0 atom stereocenters. The molecular weight excluding hydrogens is 258 g/mol. The fourth-order valence-electron chi connectivity index (χ4n) is 1.57. The number of carboxylic acid groups (broad SMARTS) is 1. The zero-order valence-electron chi connectivity index (χ0n) is 11.1. The monoisotopic (exact) mass is 273 g/mol. The number of ether oxygens (including phenoxy) is 2. The molecule has 0 amide bonds. The zero-order chi connectivity index (χ0) is 14.4. The maximum Gasteiger partial charge on any atom is 0.337 e. The Labute approximate surface area is 116 Å². The van der Waals surface area contributed by atoms with E-state index in [2.05, 4.69) is 4.98 Å². The number of carbonyl (C=O) groups is 1. The molecule has 0 aliphatic rings. The summed E-state index contributed by atoms with van der Waals surface area (Å²) in [6.07, 6.45) is 2.75. The largest absolute Gasteiger partial charge is 0.490 e. The summed E-state index contributed by atoms with van der Waals surface area (Å²) < 4.78 is 10.9. The molecule has 5 nitrogen and oxygen atoms in total. The Morgan fingerprint density at radius 2 is 1.75 bits per heavy atom. The number of hydrogen-bond donors (Lipinski definition) is 1. The quantitative estimate of drug-likeness (QED) is 0.819. The van der Waals surface area contributed by atoms with Crippen molar-refractivity contribution in [2.24, 2.45) is 0 Å². The van der Waals surface area contributed by atoms with Crippen LogP contribution >= 0.6 is 0 Å². The Bertz CT molecular complexity index is 581. The molecule has 0 saturated carbocycles. The highest BCUT2D eigenvalue weighted by molar-refractivity contribution is 5.87. The summed E-state index contributed by atoms with van der Waals surface area (Å²) in [5.74, 6) is 0.160. The molecule has 0 aliphatic carbocycles. The molecule has 0 aliphatic heterocycles. The molecular formula is C15H15NO4. The van der Waals surface area contributed by atoms with Crippen LogP contribution in [0.25, 0.3) is 0 Å². The minimum absolute atomic E-state index is 0.0990. The molecule has 0 saturated heterocycles. The molecule has 0 spiro atoms. The summed E-state index contributed by atoms with van der Waals surface area (Å²) in [7, 11) is 0. The maximum absolute atomic E-state index is 10.8. The van der Waals surface area contributed by atoms with Gasteiger partial charge in [-0.25, -0.2) is 4.79 Å². The number of nitrogens with zero attached hydrogens (tertiary/aromatic N) is 1. The van der Waals surface area contributed by atoms with E-state index in [0.29, 0.717) is 19.0 Å². The van der Waals surface area contributed by atoms with Gasteiger partial charge < -0.3 is 14.6 Å². The van der Waals surface area contributed by atoms with E-state index < -0.39 is 5.97 Å². The molecule has 5 heteroatoms. The van der Waals surface area contributed by atoms with Crippen LogP contribution in [0.2, 0.25) is 0 Å². The van der Waals surface area contributed by atoms with Gasteiger partial charge in [-0.3, -0.25) is 4.98 Å². The lowest BCUT2D eigenvalue weighted by molar-refractivity contribution is 0.0696. The second-order valence-corrected chi connectivity index (χ2v) is 4.22. The van der Waals surface area contributed by atoms with Crippen LogP contribution in [0.3, 0.4) is 0 Å². The molecule has 0 unspecified atom stereocenters. The number of benzene rings is 1. The lowest BCUT2D eigenvalue weighted by Gasteiger charge is -2.08. The first-order valence-electron chi connectivity index (χ1n) is 6.16. The van der Waals surface area contributed by atoms with Crippen molar-refractivity contribution in [3.63, 3.8) is 0 Å². The van der Waals surface area contributed by atoms with Gasteiger partial charge in [0.1, 0.15) is 24.7 Å². The number of aromatic carboxylic acids is 1. The fraction of sp³-hybridized carbons (Fsp3) is 0.200. The highest BCUT2D eigenvalue weighted by Gasteiger charge is 2.04. The summed E-state index contributed by atoms with van der Waals surface area (Å²) in [4.78, 5) is 14.6. The Morgan fingerprint density at radius 3 is 2.40 bits per heavy atom. The SMILES string of the molecule is Cc1ccc(OCCOc2cncc(C(=O)O)c2)cc1. The van der Waals surface area contributed by atoms with E-state index in [-0.39, 0.29) is 5.56 Å². The van der Waals surface area contributed by atoms with E-state index in [4.69, 9.17) is 14.6 Å². The van der Waals surface area contributed by atoms with E-state index >= 15 is 0 Å². The fourth-order valence-corrected chi connectivity index (χ4v) is 1.57. The third kappa shape index (κ3) is 3.98.